The van der Waals surface area contributed by atoms with Crippen LogP contribution >= 0.6 is 15.9 Å². The molecule has 0 spiro atoms. The number of carbonyl (C=O) groups is 1. The summed E-state index contributed by atoms with van der Waals surface area (Å²) in [5.41, 5.74) is 0.851. The average molecular weight is 349 g/mol. The third kappa shape index (κ3) is 4.06. The average Bonchev–Trinajstić information content (AvgIpc) is 2.56. The fourth-order valence-corrected chi connectivity index (χ4v) is 2.20. The Morgan fingerprint density at radius 1 is 1.55 bits per heavy atom. The van der Waals surface area contributed by atoms with Gasteiger partial charge < -0.3 is 15.0 Å². The van der Waals surface area contributed by atoms with Crippen molar-refractivity contribution in [3.63, 3.8) is 0 Å². The standard InChI is InChI=1S/C13H15BrF2N2O2/c1-13(15,16)8-17-12(19)18-4-5-20-11-6-10(14)3-2-9(11)7-18/h2-3,6H,4-5,7-8H2,1H3,(H,17,19). The van der Waals surface area contributed by atoms with Crippen LogP contribution in [0.25, 0.3) is 0 Å². The summed E-state index contributed by atoms with van der Waals surface area (Å²) in [5, 5.41) is 2.23. The number of amides is 2. The number of benzene rings is 1. The number of alkyl halides is 2. The van der Waals surface area contributed by atoms with E-state index in [9.17, 15) is 13.6 Å². The van der Waals surface area contributed by atoms with Crippen molar-refractivity contribution < 1.29 is 18.3 Å². The van der Waals surface area contributed by atoms with Crippen LogP contribution < -0.4 is 10.1 Å². The van der Waals surface area contributed by atoms with Crippen molar-refractivity contribution in [2.24, 2.45) is 0 Å². The van der Waals surface area contributed by atoms with Gasteiger partial charge in [-0.05, 0) is 12.1 Å². The van der Waals surface area contributed by atoms with Crippen LogP contribution in [0.1, 0.15) is 12.5 Å². The van der Waals surface area contributed by atoms with Crippen molar-refractivity contribution >= 4 is 22.0 Å². The number of hydrogen-bond acceptors (Lipinski definition) is 2. The van der Waals surface area contributed by atoms with Gasteiger partial charge in [-0.3, -0.25) is 0 Å². The molecule has 1 aromatic carbocycles. The number of carbonyl (C=O) groups excluding carboxylic acids is 1. The highest BCUT2D eigenvalue weighted by atomic mass is 79.9. The van der Waals surface area contributed by atoms with Crippen molar-refractivity contribution in [1.29, 1.82) is 0 Å². The van der Waals surface area contributed by atoms with E-state index in [2.05, 4.69) is 21.2 Å². The lowest BCUT2D eigenvalue weighted by Crippen LogP contribution is -2.44. The van der Waals surface area contributed by atoms with Gasteiger partial charge in [-0.15, -0.1) is 0 Å². The van der Waals surface area contributed by atoms with Gasteiger partial charge in [0.25, 0.3) is 5.92 Å². The summed E-state index contributed by atoms with van der Waals surface area (Å²) in [4.78, 5) is 13.4. The molecule has 0 bridgehead atoms. The Morgan fingerprint density at radius 2 is 2.30 bits per heavy atom. The van der Waals surface area contributed by atoms with Crippen molar-refractivity contribution in [3.05, 3.63) is 28.2 Å². The highest BCUT2D eigenvalue weighted by molar-refractivity contribution is 9.10. The first-order chi connectivity index (χ1) is 9.35. The Bertz CT molecular complexity index is 506. The lowest BCUT2D eigenvalue weighted by Gasteiger charge is -2.21. The Labute approximate surface area is 124 Å². The number of urea groups is 1. The maximum Gasteiger partial charge on any atom is 0.318 e. The summed E-state index contributed by atoms with van der Waals surface area (Å²) in [6.07, 6.45) is 0. The highest BCUT2D eigenvalue weighted by Crippen LogP contribution is 2.26. The zero-order valence-corrected chi connectivity index (χ0v) is 12.5. The highest BCUT2D eigenvalue weighted by Gasteiger charge is 2.25. The zero-order chi connectivity index (χ0) is 14.8. The predicted octanol–water partition coefficient (Wildman–Crippen LogP) is 3.01. The molecule has 1 heterocycles. The molecule has 0 unspecified atom stereocenters. The van der Waals surface area contributed by atoms with Gasteiger partial charge in [0.05, 0.1) is 19.6 Å². The molecule has 1 aliphatic rings. The van der Waals surface area contributed by atoms with Gasteiger partial charge in [-0.1, -0.05) is 22.0 Å². The molecular formula is C13H15BrF2N2O2. The van der Waals surface area contributed by atoms with E-state index in [0.29, 0.717) is 25.4 Å². The summed E-state index contributed by atoms with van der Waals surface area (Å²) in [6, 6.07) is 5.02. The zero-order valence-electron chi connectivity index (χ0n) is 11.0. The third-order valence-electron chi connectivity index (χ3n) is 2.85. The summed E-state index contributed by atoms with van der Waals surface area (Å²) in [7, 11) is 0. The van der Waals surface area contributed by atoms with Crippen LogP contribution in [0.3, 0.4) is 0 Å². The quantitative estimate of drug-likeness (QED) is 0.892. The molecule has 0 aromatic heterocycles. The largest absolute Gasteiger partial charge is 0.491 e. The molecular weight excluding hydrogens is 334 g/mol. The number of halogens is 3. The topological polar surface area (TPSA) is 41.6 Å². The number of nitrogens with one attached hydrogen (secondary N) is 1. The number of rotatable bonds is 2. The van der Waals surface area contributed by atoms with E-state index in [1.807, 2.05) is 18.2 Å². The van der Waals surface area contributed by atoms with Crippen molar-refractivity contribution in [2.45, 2.75) is 19.4 Å². The molecule has 0 aliphatic carbocycles. The monoisotopic (exact) mass is 348 g/mol. The van der Waals surface area contributed by atoms with Crippen LogP contribution in [-0.2, 0) is 6.54 Å². The molecule has 1 aromatic rings. The molecule has 2 rings (SSSR count). The van der Waals surface area contributed by atoms with Gasteiger partial charge in [0.2, 0.25) is 0 Å². The second-order valence-corrected chi connectivity index (χ2v) is 5.67. The third-order valence-corrected chi connectivity index (χ3v) is 3.34. The molecule has 7 heteroatoms. The van der Waals surface area contributed by atoms with Crippen LogP contribution in [0.5, 0.6) is 5.75 Å². The molecule has 110 valence electrons. The van der Waals surface area contributed by atoms with Crippen LogP contribution in [-0.4, -0.2) is 36.5 Å². The van der Waals surface area contributed by atoms with Crippen molar-refractivity contribution in [1.82, 2.24) is 10.2 Å². The lowest BCUT2D eigenvalue weighted by molar-refractivity contribution is 0.0238. The molecule has 1 aliphatic heterocycles. The van der Waals surface area contributed by atoms with Gasteiger partial charge >= 0.3 is 6.03 Å². The van der Waals surface area contributed by atoms with Gasteiger partial charge in [-0.2, -0.15) is 0 Å². The van der Waals surface area contributed by atoms with E-state index in [4.69, 9.17) is 4.74 Å². The fourth-order valence-electron chi connectivity index (χ4n) is 1.86. The predicted molar refractivity (Wildman–Crippen MR) is 74.1 cm³/mol. The molecule has 0 saturated heterocycles. The fraction of sp³-hybridized carbons (Fsp3) is 0.462. The normalized spacial score (nSPS) is 15.1. The minimum absolute atomic E-state index is 0.333. The van der Waals surface area contributed by atoms with E-state index >= 15 is 0 Å². The van der Waals surface area contributed by atoms with E-state index in [1.54, 1.807) is 0 Å². The molecule has 0 saturated carbocycles. The summed E-state index contributed by atoms with van der Waals surface area (Å²) in [5.74, 6) is -2.21. The second kappa shape index (κ2) is 5.95. The first-order valence-electron chi connectivity index (χ1n) is 6.17. The van der Waals surface area contributed by atoms with Crippen LogP contribution in [0, 0.1) is 0 Å². The van der Waals surface area contributed by atoms with E-state index in [-0.39, 0.29) is 0 Å². The SMILES string of the molecule is CC(F)(F)CNC(=O)N1CCOc2cc(Br)ccc2C1. The minimum atomic E-state index is -2.92. The second-order valence-electron chi connectivity index (χ2n) is 4.75. The first-order valence-corrected chi connectivity index (χ1v) is 6.96. The maximum atomic E-state index is 12.8. The Balaban J connectivity index is 2.04. The summed E-state index contributed by atoms with van der Waals surface area (Å²) in [6.45, 7) is 1.12. The van der Waals surface area contributed by atoms with Crippen LogP contribution in [0.4, 0.5) is 13.6 Å². The Morgan fingerprint density at radius 3 is 3.00 bits per heavy atom. The molecule has 20 heavy (non-hydrogen) atoms. The first kappa shape index (κ1) is 15.0. The number of hydrogen-bond donors (Lipinski definition) is 1. The smallest absolute Gasteiger partial charge is 0.318 e. The molecule has 0 fully saturated rings. The minimum Gasteiger partial charge on any atom is -0.491 e. The number of fused-ring (bicyclic) bond motifs is 1. The maximum absolute atomic E-state index is 12.8. The van der Waals surface area contributed by atoms with Crippen LogP contribution in [0.15, 0.2) is 22.7 Å². The van der Waals surface area contributed by atoms with E-state index < -0.39 is 18.5 Å². The summed E-state index contributed by atoms with van der Waals surface area (Å²) >= 11 is 3.35. The molecule has 4 nitrogen and oxygen atoms in total. The molecule has 1 N–H and O–H groups in total. The summed E-state index contributed by atoms with van der Waals surface area (Å²) < 4.78 is 31.9. The van der Waals surface area contributed by atoms with Crippen molar-refractivity contribution in [3.8, 4) is 5.75 Å². The van der Waals surface area contributed by atoms with Crippen molar-refractivity contribution in [2.75, 3.05) is 19.7 Å². The lowest BCUT2D eigenvalue weighted by atomic mass is 10.2. The van der Waals surface area contributed by atoms with Crippen LogP contribution in [0.2, 0.25) is 0 Å². The van der Waals surface area contributed by atoms with Gasteiger partial charge in [0.15, 0.2) is 0 Å². The van der Waals surface area contributed by atoms with E-state index in [0.717, 1.165) is 17.0 Å². The van der Waals surface area contributed by atoms with Gasteiger partial charge in [0.1, 0.15) is 12.4 Å². The molecule has 2 amide bonds. The van der Waals surface area contributed by atoms with E-state index in [1.165, 1.54) is 4.90 Å². The number of ether oxygens (including phenoxy) is 1. The van der Waals surface area contributed by atoms with Gasteiger partial charge in [-0.25, -0.2) is 13.6 Å². The van der Waals surface area contributed by atoms with Gasteiger partial charge in [0, 0.05) is 17.0 Å². The molecule has 0 atom stereocenters. The Kier molecular flexibility index (Phi) is 4.47. The number of nitrogens with zero attached hydrogens (tertiary/aromatic N) is 1. The molecule has 0 radical (unpaired) electrons. The Hall–Kier alpha value is -1.37.